The standard InChI is InChI=1S/C16H17N3/c1-12-5-2-3-6-13(12)9-15-11-19-8-4-7-14(10-17)16(19)18-15/h2-8,11H,9-10,17H2,1H3. The number of benzene rings is 1. The minimum Gasteiger partial charge on any atom is -0.326 e. The molecule has 0 saturated heterocycles. The number of imidazole rings is 1. The van der Waals surface area contributed by atoms with Gasteiger partial charge in [0.05, 0.1) is 5.69 Å². The van der Waals surface area contributed by atoms with E-state index in [0.717, 1.165) is 23.3 Å². The van der Waals surface area contributed by atoms with Crippen LogP contribution < -0.4 is 5.73 Å². The van der Waals surface area contributed by atoms with Crippen molar-refractivity contribution in [3.05, 3.63) is 71.2 Å². The van der Waals surface area contributed by atoms with Crippen LogP contribution in [0.5, 0.6) is 0 Å². The van der Waals surface area contributed by atoms with Crippen molar-refractivity contribution in [2.45, 2.75) is 19.9 Å². The molecular formula is C16H17N3. The Labute approximate surface area is 112 Å². The molecule has 3 heteroatoms. The fraction of sp³-hybridized carbons (Fsp3) is 0.188. The lowest BCUT2D eigenvalue weighted by atomic mass is 10.0. The lowest BCUT2D eigenvalue weighted by Crippen LogP contribution is -1.99. The van der Waals surface area contributed by atoms with Crippen LogP contribution in [-0.2, 0) is 13.0 Å². The van der Waals surface area contributed by atoms with Gasteiger partial charge in [0.1, 0.15) is 5.65 Å². The molecule has 0 amide bonds. The molecule has 1 aromatic carbocycles. The number of hydrogen-bond acceptors (Lipinski definition) is 2. The van der Waals surface area contributed by atoms with Crippen molar-refractivity contribution in [3.8, 4) is 0 Å². The lowest BCUT2D eigenvalue weighted by molar-refractivity contribution is 1.04. The summed E-state index contributed by atoms with van der Waals surface area (Å²) < 4.78 is 2.05. The van der Waals surface area contributed by atoms with E-state index in [1.807, 2.05) is 18.3 Å². The predicted molar refractivity (Wildman–Crippen MR) is 77.1 cm³/mol. The second-order valence-corrected chi connectivity index (χ2v) is 4.80. The average Bonchev–Trinajstić information content (AvgIpc) is 2.83. The molecule has 2 N–H and O–H groups in total. The SMILES string of the molecule is Cc1ccccc1Cc1cn2cccc(CN)c2n1. The summed E-state index contributed by atoms with van der Waals surface area (Å²) in [4.78, 5) is 4.70. The van der Waals surface area contributed by atoms with Crippen LogP contribution in [0.25, 0.3) is 5.65 Å². The molecule has 19 heavy (non-hydrogen) atoms. The van der Waals surface area contributed by atoms with Gasteiger partial charge in [-0.25, -0.2) is 4.98 Å². The quantitative estimate of drug-likeness (QED) is 0.777. The van der Waals surface area contributed by atoms with E-state index in [2.05, 4.69) is 41.8 Å². The van der Waals surface area contributed by atoms with E-state index < -0.39 is 0 Å². The van der Waals surface area contributed by atoms with Crippen molar-refractivity contribution >= 4 is 5.65 Å². The first-order valence-electron chi connectivity index (χ1n) is 6.48. The number of nitrogens with zero attached hydrogens (tertiary/aromatic N) is 2. The summed E-state index contributed by atoms with van der Waals surface area (Å²) in [6, 6.07) is 12.5. The Morgan fingerprint density at radius 3 is 2.68 bits per heavy atom. The van der Waals surface area contributed by atoms with Crippen molar-refractivity contribution < 1.29 is 0 Å². The number of rotatable bonds is 3. The Morgan fingerprint density at radius 1 is 1.11 bits per heavy atom. The molecule has 0 spiro atoms. The van der Waals surface area contributed by atoms with Gasteiger partial charge < -0.3 is 10.1 Å². The van der Waals surface area contributed by atoms with Crippen LogP contribution in [-0.4, -0.2) is 9.38 Å². The molecule has 0 radical (unpaired) electrons. The fourth-order valence-corrected chi connectivity index (χ4v) is 2.37. The van der Waals surface area contributed by atoms with Gasteiger partial charge in [-0.15, -0.1) is 0 Å². The zero-order valence-electron chi connectivity index (χ0n) is 11.0. The van der Waals surface area contributed by atoms with Crippen molar-refractivity contribution in [3.63, 3.8) is 0 Å². The summed E-state index contributed by atoms with van der Waals surface area (Å²) in [5.74, 6) is 0. The van der Waals surface area contributed by atoms with E-state index in [1.165, 1.54) is 11.1 Å². The summed E-state index contributed by atoms with van der Waals surface area (Å²) in [5.41, 5.74) is 11.5. The van der Waals surface area contributed by atoms with Gasteiger partial charge in [0.25, 0.3) is 0 Å². The Hall–Kier alpha value is -2.13. The largest absolute Gasteiger partial charge is 0.326 e. The summed E-state index contributed by atoms with van der Waals surface area (Å²) in [7, 11) is 0. The molecule has 0 aliphatic heterocycles. The minimum atomic E-state index is 0.519. The number of aromatic nitrogens is 2. The van der Waals surface area contributed by atoms with Crippen molar-refractivity contribution in [1.29, 1.82) is 0 Å². The molecule has 0 saturated carbocycles. The molecular weight excluding hydrogens is 234 g/mol. The number of pyridine rings is 1. The molecule has 0 aliphatic carbocycles. The fourth-order valence-electron chi connectivity index (χ4n) is 2.37. The van der Waals surface area contributed by atoms with Gasteiger partial charge in [0, 0.05) is 30.9 Å². The zero-order chi connectivity index (χ0) is 13.2. The van der Waals surface area contributed by atoms with Gasteiger partial charge in [0.15, 0.2) is 0 Å². The van der Waals surface area contributed by atoms with Crippen molar-refractivity contribution in [2.75, 3.05) is 0 Å². The molecule has 0 fully saturated rings. The highest BCUT2D eigenvalue weighted by molar-refractivity contribution is 5.49. The molecule has 0 aliphatic rings. The molecule has 3 nitrogen and oxygen atoms in total. The predicted octanol–water partition coefficient (Wildman–Crippen LogP) is 2.69. The first-order chi connectivity index (χ1) is 9.28. The maximum absolute atomic E-state index is 5.75. The number of hydrogen-bond donors (Lipinski definition) is 1. The average molecular weight is 251 g/mol. The Morgan fingerprint density at radius 2 is 1.89 bits per heavy atom. The smallest absolute Gasteiger partial charge is 0.141 e. The van der Waals surface area contributed by atoms with Crippen LogP contribution in [0.3, 0.4) is 0 Å². The Kier molecular flexibility index (Phi) is 3.05. The third kappa shape index (κ3) is 2.25. The van der Waals surface area contributed by atoms with Gasteiger partial charge in [-0.05, 0) is 24.1 Å². The zero-order valence-corrected chi connectivity index (χ0v) is 11.0. The normalized spacial score (nSPS) is 11.1. The second-order valence-electron chi connectivity index (χ2n) is 4.80. The summed E-state index contributed by atoms with van der Waals surface area (Å²) in [6.45, 7) is 2.65. The first kappa shape index (κ1) is 11.9. The first-order valence-corrected chi connectivity index (χ1v) is 6.48. The van der Waals surface area contributed by atoms with E-state index in [1.54, 1.807) is 0 Å². The third-order valence-electron chi connectivity index (χ3n) is 3.47. The van der Waals surface area contributed by atoms with Gasteiger partial charge in [-0.1, -0.05) is 30.3 Å². The maximum atomic E-state index is 5.75. The van der Waals surface area contributed by atoms with E-state index >= 15 is 0 Å². The van der Waals surface area contributed by atoms with Gasteiger partial charge in [0.2, 0.25) is 0 Å². The summed E-state index contributed by atoms with van der Waals surface area (Å²) in [5, 5.41) is 0. The van der Waals surface area contributed by atoms with Crippen LogP contribution in [0.15, 0.2) is 48.8 Å². The molecule has 3 aromatic rings. The molecule has 2 heterocycles. The van der Waals surface area contributed by atoms with Gasteiger partial charge in [-0.2, -0.15) is 0 Å². The van der Waals surface area contributed by atoms with Gasteiger partial charge >= 0.3 is 0 Å². The summed E-state index contributed by atoms with van der Waals surface area (Å²) in [6.07, 6.45) is 4.96. The third-order valence-corrected chi connectivity index (χ3v) is 3.47. The highest BCUT2D eigenvalue weighted by Gasteiger charge is 2.07. The van der Waals surface area contributed by atoms with Crippen LogP contribution in [0, 0.1) is 6.92 Å². The monoisotopic (exact) mass is 251 g/mol. The molecule has 2 aromatic heterocycles. The number of fused-ring (bicyclic) bond motifs is 1. The molecule has 3 rings (SSSR count). The number of aryl methyl sites for hydroxylation is 1. The van der Waals surface area contributed by atoms with Crippen LogP contribution in [0.1, 0.15) is 22.4 Å². The van der Waals surface area contributed by atoms with Crippen LogP contribution >= 0.6 is 0 Å². The highest BCUT2D eigenvalue weighted by Crippen LogP contribution is 2.15. The maximum Gasteiger partial charge on any atom is 0.141 e. The van der Waals surface area contributed by atoms with Crippen molar-refractivity contribution in [2.24, 2.45) is 5.73 Å². The minimum absolute atomic E-state index is 0.519. The molecule has 0 bridgehead atoms. The van der Waals surface area contributed by atoms with Gasteiger partial charge in [-0.3, -0.25) is 0 Å². The van der Waals surface area contributed by atoms with E-state index in [0.29, 0.717) is 6.54 Å². The van der Waals surface area contributed by atoms with Crippen LogP contribution in [0.4, 0.5) is 0 Å². The number of nitrogens with two attached hydrogens (primary N) is 1. The van der Waals surface area contributed by atoms with Crippen molar-refractivity contribution in [1.82, 2.24) is 9.38 Å². The molecule has 0 atom stereocenters. The Bertz CT molecular complexity index is 713. The summed E-state index contributed by atoms with van der Waals surface area (Å²) >= 11 is 0. The lowest BCUT2D eigenvalue weighted by Gasteiger charge is -2.02. The molecule has 0 unspecified atom stereocenters. The second kappa shape index (κ2) is 4.86. The van der Waals surface area contributed by atoms with E-state index in [9.17, 15) is 0 Å². The van der Waals surface area contributed by atoms with Crippen LogP contribution in [0.2, 0.25) is 0 Å². The molecule has 96 valence electrons. The van der Waals surface area contributed by atoms with E-state index in [4.69, 9.17) is 10.7 Å². The van der Waals surface area contributed by atoms with E-state index in [-0.39, 0.29) is 0 Å². The topological polar surface area (TPSA) is 43.3 Å². The Balaban J connectivity index is 2.00. The highest BCUT2D eigenvalue weighted by atomic mass is 15.0.